The van der Waals surface area contributed by atoms with Crippen LogP contribution < -0.4 is 5.32 Å². The molecule has 0 fully saturated rings. The molecule has 1 aromatic heterocycles. The van der Waals surface area contributed by atoms with Crippen molar-refractivity contribution in [2.24, 2.45) is 5.41 Å². The van der Waals surface area contributed by atoms with Crippen LogP contribution in [-0.4, -0.2) is 18.3 Å². The summed E-state index contributed by atoms with van der Waals surface area (Å²) in [5.74, 6) is 0.682. The van der Waals surface area contributed by atoms with E-state index in [1.807, 2.05) is 13.0 Å². The molecular weight excluding hydrogens is 334 g/mol. The van der Waals surface area contributed by atoms with Crippen molar-refractivity contribution in [2.75, 3.05) is 12.4 Å². The second kappa shape index (κ2) is 6.92. The monoisotopic (exact) mass is 351 g/mol. The van der Waals surface area contributed by atoms with Gasteiger partial charge < -0.3 is 5.32 Å². The molecule has 0 radical (unpaired) electrons. The van der Waals surface area contributed by atoms with Crippen LogP contribution in [0.5, 0.6) is 0 Å². The fourth-order valence-corrected chi connectivity index (χ4v) is 3.20. The van der Waals surface area contributed by atoms with E-state index in [4.69, 9.17) is 11.6 Å². The van der Waals surface area contributed by atoms with Crippen molar-refractivity contribution in [1.82, 2.24) is 5.32 Å². The fourth-order valence-electron chi connectivity index (χ4n) is 1.61. The van der Waals surface area contributed by atoms with Crippen molar-refractivity contribution in [1.29, 1.82) is 0 Å². The summed E-state index contributed by atoms with van der Waals surface area (Å²) in [6, 6.07) is 1.91. The number of carbonyl (C=O) groups is 1. The van der Waals surface area contributed by atoms with Crippen LogP contribution in [0.1, 0.15) is 41.9 Å². The van der Waals surface area contributed by atoms with Crippen molar-refractivity contribution in [3.63, 3.8) is 0 Å². The van der Waals surface area contributed by atoms with Crippen molar-refractivity contribution in [3.8, 4) is 0 Å². The minimum atomic E-state index is 0.00717. The van der Waals surface area contributed by atoms with Gasteiger partial charge in [-0.25, -0.2) is 0 Å². The molecule has 1 amide bonds. The largest absolute Gasteiger partial charge is 0.351 e. The number of aryl methyl sites for hydroxylation is 1. The number of rotatable bonds is 6. The Bertz CT molecular complexity index is 398. The molecule has 102 valence electrons. The van der Waals surface area contributed by atoms with Gasteiger partial charge in [0.05, 0.1) is 8.66 Å². The molecular formula is C13H19BrClNOS. The molecule has 18 heavy (non-hydrogen) atoms. The van der Waals surface area contributed by atoms with Crippen LogP contribution in [0.25, 0.3) is 0 Å². The lowest BCUT2D eigenvalue weighted by atomic mass is 9.88. The van der Waals surface area contributed by atoms with Crippen LogP contribution in [0.3, 0.4) is 0 Å². The number of nitrogens with one attached hydrogen (secondary N) is 1. The zero-order chi connectivity index (χ0) is 13.8. The number of carbonyl (C=O) groups excluding carboxylic acids is 1. The SMILES string of the molecule is Cc1cc(C(=O)NCC(C)(C)CCCCl)sc1Br. The molecule has 0 aliphatic rings. The molecule has 0 saturated heterocycles. The lowest BCUT2D eigenvalue weighted by Gasteiger charge is -2.24. The van der Waals surface area contributed by atoms with Crippen LogP contribution in [0.4, 0.5) is 0 Å². The normalized spacial score (nSPS) is 11.6. The Labute approximate surface area is 126 Å². The minimum Gasteiger partial charge on any atom is -0.351 e. The molecule has 0 spiro atoms. The van der Waals surface area contributed by atoms with Gasteiger partial charge >= 0.3 is 0 Å². The third kappa shape index (κ3) is 4.90. The number of amides is 1. The first-order valence-corrected chi connectivity index (χ1v) is 8.10. The molecule has 0 unspecified atom stereocenters. The lowest BCUT2D eigenvalue weighted by Crippen LogP contribution is -2.33. The first-order chi connectivity index (χ1) is 8.35. The molecule has 1 rings (SSSR count). The molecule has 1 N–H and O–H groups in total. The summed E-state index contributed by atoms with van der Waals surface area (Å²) < 4.78 is 1.02. The Morgan fingerprint density at radius 1 is 1.56 bits per heavy atom. The Morgan fingerprint density at radius 2 is 2.22 bits per heavy atom. The first kappa shape index (κ1) is 16.0. The quantitative estimate of drug-likeness (QED) is 0.745. The summed E-state index contributed by atoms with van der Waals surface area (Å²) in [6.45, 7) is 6.96. The highest BCUT2D eigenvalue weighted by Gasteiger charge is 2.19. The smallest absolute Gasteiger partial charge is 0.261 e. The topological polar surface area (TPSA) is 29.1 Å². The average Bonchev–Trinajstić information content (AvgIpc) is 2.64. The van der Waals surface area contributed by atoms with Gasteiger partial charge in [-0.1, -0.05) is 13.8 Å². The third-order valence-electron chi connectivity index (χ3n) is 2.80. The third-order valence-corrected chi connectivity index (χ3v) is 5.20. The molecule has 0 aromatic carbocycles. The number of alkyl halides is 1. The van der Waals surface area contributed by atoms with Crippen LogP contribution in [0.15, 0.2) is 9.85 Å². The van der Waals surface area contributed by atoms with Crippen LogP contribution in [-0.2, 0) is 0 Å². The lowest BCUT2D eigenvalue weighted by molar-refractivity contribution is 0.0938. The molecule has 0 saturated carbocycles. The highest BCUT2D eigenvalue weighted by molar-refractivity contribution is 9.11. The van der Waals surface area contributed by atoms with Gasteiger partial charge in [-0.3, -0.25) is 4.79 Å². The number of hydrogen-bond donors (Lipinski definition) is 1. The van der Waals surface area contributed by atoms with E-state index in [0.717, 1.165) is 27.1 Å². The van der Waals surface area contributed by atoms with E-state index in [1.54, 1.807) is 0 Å². The highest BCUT2D eigenvalue weighted by Crippen LogP contribution is 2.27. The molecule has 0 bridgehead atoms. The van der Waals surface area contributed by atoms with Gasteiger partial charge in [-0.05, 0) is 52.7 Å². The summed E-state index contributed by atoms with van der Waals surface area (Å²) in [7, 11) is 0. The summed E-state index contributed by atoms with van der Waals surface area (Å²) in [5, 5.41) is 3.00. The Morgan fingerprint density at radius 3 is 2.72 bits per heavy atom. The van der Waals surface area contributed by atoms with Crippen LogP contribution >= 0.6 is 38.9 Å². The van der Waals surface area contributed by atoms with Crippen LogP contribution in [0.2, 0.25) is 0 Å². The highest BCUT2D eigenvalue weighted by atomic mass is 79.9. The zero-order valence-electron chi connectivity index (χ0n) is 11.0. The van der Waals surface area contributed by atoms with Crippen molar-refractivity contribution < 1.29 is 4.79 Å². The fraction of sp³-hybridized carbons (Fsp3) is 0.615. The maximum atomic E-state index is 12.0. The van der Waals surface area contributed by atoms with Gasteiger partial charge in [-0.2, -0.15) is 0 Å². The Balaban J connectivity index is 2.50. The molecule has 1 heterocycles. The maximum absolute atomic E-state index is 12.0. The van der Waals surface area contributed by atoms with Gasteiger partial charge in [0.25, 0.3) is 5.91 Å². The van der Waals surface area contributed by atoms with Crippen LogP contribution in [0, 0.1) is 12.3 Å². The minimum absolute atomic E-state index is 0.00717. The summed E-state index contributed by atoms with van der Waals surface area (Å²) in [6.07, 6.45) is 2.00. The van der Waals surface area contributed by atoms with E-state index in [1.165, 1.54) is 11.3 Å². The summed E-state index contributed by atoms with van der Waals surface area (Å²) in [5.41, 5.74) is 1.19. The number of thiophene rings is 1. The van der Waals surface area contributed by atoms with E-state index in [2.05, 4.69) is 35.1 Å². The van der Waals surface area contributed by atoms with Crippen molar-refractivity contribution in [2.45, 2.75) is 33.6 Å². The second-order valence-electron chi connectivity index (χ2n) is 5.21. The van der Waals surface area contributed by atoms with E-state index in [0.29, 0.717) is 12.4 Å². The molecule has 0 aliphatic carbocycles. The summed E-state index contributed by atoms with van der Waals surface area (Å²) >= 11 is 10.6. The van der Waals surface area contributed by atoms with E-state index in [-0.39, 0.29) is 11.3 Å². The predicted molar refractivity (Wildman–Crippen MR) is 82.8 cm³/mol. The molecule has 0 aliphatic heterocycles. The molecule has 0 atom stereocenters. The Hall–Kier alpha value is -0.0600. The van der Waals surface area contributed by atoms with Gasteiger partial charge in [0.1, 0.15) is 0 Å². The van der Waals surface area contributed by atoms with E-state index in [9.17, 15) is 4.79 Å². The van der Waals surface area contributed by atoms with Gasteiger partial charge in [-0.15, -0.1) is 22.9 Å². The number of hydrogen-bond acceptors (Lipinski definition) is 2. The van der Waals surface area contributed by atoms with Crippen molar-refractivity contribution in [3.05, 3.63) is 20.3 Å². The molecule has 5 heteroatoms. The average molecular weight is 353 g/mol. The first-order valence-electron chi connectivity index (χ1n) is 5.96. The van der Waals surface area contributed by atoms with Gasteiger partial charge in [0.2, 0.25) is 0 Å². The maximum Gasteiger partial charge on any atom is 0.261 e. The Kier molecular flexibility index (Phi) is 6.15. The van der Waals surface area contributed by atoms with Gasteiger partial charge in [0, 0.05) is 12.4 Å². The van der Waals surface area contributed by atoms with E-state index < -0.39 is 0 Å². The predicted octanol–water partition coefficient (Wildman–Crippen LogP) is 4.59. The standard InChI is InChI=1S/C13H19BrClNOS/c1-9-7-10(18-11(9)14)12(17)16-8-13(2,3)5-4-6-15/h7H,4-6,8H2,1-3H3,(H,16,17). The summed E-state index contributed by atoms with van der Waals surface area (Å²) in [4.78, 5) is 12.7. The zero-order valence-corrected chi connectivity index (χ0v) is 14.1. The second-order valence-corrected chi connectivity index (χ2v) is 7.95. The molecule has 1 aromatic rings. The van der Waals surface area contributed by atoms with E-state index >= 15 is 0 Å². The van der Waals surface area contributed by atoms with Crippen molar-refractivity contribution >= 4 is 44.8 Å². The molecule has 2 nitrogen and oxygen atoms in total. The van der Waals surface area contributed by atoms with Gasteiger partial charge in [0.15, 0.2) is 0 Å². The number of halogens is 2.